The van der Waals surface area contributed by atoms with Crippen LogP contribution in [0, 0.1) is 0 Å². The van der Waals surface area contributed by atoms with E-state index in [1.807, 2.05) is 16.0 Å². The second kappa shape index (κ2) is 12.2. The number of hydrogen-bond acceptors (Lipinski definition) is 6. The summed E-state index contributed by atoms with van der Waals surface area (Å²) in [4.78, 5) is 38.6. The van der Waals surface area contributed by atoms with E-state index in [0.717, 1.165) is 98.6 Å². The van der Waals surface area contributed by atoms with E-state index in [0.29, 0.717) is 38.0 Å². The average Bonchev–Trinajstić information content (AvgIpc) is 3.40. The lowest BCUT2D eigenvalue weighted by Gasteiger charge is -2.32. The van der Waals surface area contributed by atoms with Gasteiger partial charge < -0.3 is 30.2 Å². The summed E-state index contributed by atoms with van der Waals surface area (Å²) in [5.41, 5.74) is 10.9. The lowest BCUT2D eigenvalue weighted by atomic mass is 9.88. The van der Waals surface area contributed by atoms with Crippen LogP contribution in [-0.4, -0.2) is 82.2 Å². The van der Waals surface area contributed by atoms with E-state index in [1.165, 1.54) is 5.56 Å². The molecule has 0 spiro atoms. The molecule has 0 saturated carbocycles. The molecule has 1 aromatic carbocycles. The monoisotopic (exact) mass is 559 g/mol. The largest absolute Gasteiger partial charge is 0.381 e. The molecule has 0 atom stereocenters. The van der Waals surface area contributed by atoms with Crippen LogP contribution in [0.4, 0.5) is 4.79 Å². The average molecular weight is 560 g/mol. The molecule has 218 valence electrons. The molecule has 2 saturated heterocycles. The first kappa shape index (κ1) is 27.7. The Kier molecular flexibility index (Phi) is 8.20. The van der Waals surface area contributed by atoms with Crippen molar-refractivity contribution in [2.45, 2.75) is 64.0 Å². The fraction of sp³-hybridized carbons (Fsp3) is 0.548. The first-order valence-electron chi connectivity index (χ1n) is 15.1. The Hall–Kier alpha value is -3.50. The van der Waals surface area contributed by atoms with Crippen molar-refractivity contribution in [2.75, 3.05) is 45.9 Å². The maximum Gasteiger partial charge on any atom is 0.317 e. The van der Waals surface area contributed by atoms with Crippen molar-refractivity contribution < 1.29 is 14.3 Å². The van der Waals surface area contributed by atoms with Gasteiger partial charge in [-0.15, -0.1) is 0 Å². The number of aromatic nitrogens is 3. The molecule has 2 aromatic heterocycles. The van der Waals surface area contributed by atoms with E-state index in [2.05, 4.69) is 34.1 Å². The SMILES string of the molecule is CC(=O)N1CCn2c(C3CCOCC3)nc(-c3ccnc4cc(C5CCN(C(=O)NCCCN)CC5)ccc34)c2C1. The smallest absolute Gasteiger partial charge is 0.317 e. The van der Waals surface area contributed by atoms with Gasteiger partial charge in [-0.05, 0) is 62.3 Å². The zero-order valence-electron chi connectivity index (χ0n) is 24.0. The molecule has 10 nitrogen and oxygen atoms in total. The number of carbonyl (C=O) groups excluding carboxylic acids is 2. The van der Waals surface area contributed by atoms with Crippen LogP contribution in [0.15, 0.2) is 30.5 Å². The maximum absolute atomic E-state index is 12.5. The number of piperidine rings is 1. The molecule has 3 N–H and O–H groups in total. The Bertz CT molecular complexity index is 1410. The van der Waals surface area contributed by atoms with Crippen LogP contribution in [0.3, 0.4) is 0 Å². The predicted molar refractivity (Wildman–Crippen MR) is 157 cm³/mol. The molecule has 41 heavy (non-hydrogen) atoms. The lowest BCUT2D eigenvalue weighted by molar-refractivity contribution is -0.130. The highest BCUT2D eigenvalue weighted by atomic mass is 16.5. The van der Waals surface area contributed by atoms with Gasteiger partial charge >= 0.3 is 6.03 Å². The minimum absolute atomic E-state index is 0.00794. The van der Waals surface area contributed by atoms with Gasteiger partial charge in [-0.1, -0.05) is 12.1 Å². The number of likely N-dealkylation sites (tertiary alicyclic amines) is 1. The number of nitrogens with two attached hydrogens (primary N) is 1. The van der Waals surface area contributed by atoms with Crippen molar-refractivity contribution in [3.8, 4) is 11.3 Å². The summed E-state index contributed by atoms with van der Waals surface area (Å²) in [6.45, 7) is 7.92. The summed E-state index contributed by atoms with van der Waals surface area (Å²) in [7, 11) is 0. The van der Waals surface area contributed by atoms with Crippen LogP contribution in [-0.2, 0) is 22.6 Å². The van der Waals surface area contributed by atoms with E-state index in [-0.39, 0.29) is 11.9 Å². The van der Waals surface area contributed by atoms with Crippen molar-refractivity contribution in [3.05, 3.63) is 47.5 Å². The Balaban J connectivity index is 1.27. The molecule has 0 bridgehead atoms. The third kappa shape index (κ3) is 5.67. The molecule has 0 unspecified atom stereocenters. The fourth-order valence-corrected chi connectivity index (χ4v) is 6.60. The number of fused-ring (bicyclic) bond motifs is 2. The minimum Gasteiger partial charge on any atom is -0.381 e. The highest BCUT2D eigenvalue weighted by Crippen LogP contribution is 2.38. The van der Waals surface area contributed by atoms with Gasteiger partial charge in [0.25, 0.3) is 0 Å². The van der Waals surface area contributed by atoms with E-state index in [4.69, 9.17) is 20.4 Å². The van der Waals surface area contributed by atoms with Gasteiger partial charge in [-0.3, -0.25) is 9.78 Å². The molecular formula is C31H41N7O3. The van der Waals surface area contributed by atoms with Crippen LogP contribution in [0.5, 0.6) is 0 Å². The zero-order chi connectivity index (χ0) is 28.3. The third-order valence-electron chi connectivity index (χ3n) is 9.00. The molecule has 0 radical (unpaired) electrons. The van der Waals surface area contributed by atoms with E-state index in [1.54, 1.807) is 6.92 Å². The first-order valence-corrected chi connectivity index (χ1v) is 15.1. The number of nitrogens with zero attached hydrogens (tertiary/aromatic N) is 5. The highest BCUT2D eigenvalue weighted by Gasteiger charge is 2.31. The van der Waals surface area contributed by atoms with Gasteiger partial charge in [-0.2, -0.15) is 0 Å². The number of imidazole rings is 1. The van der Waals surface area contributed by atoms with E-state index < -0.39 is 0 Å². The summed E-state index contributed by atoms with van der Waals surface area (Å²) in [5.74, 6) is 1.98. The topological polar surface area (TPSA) is 119 Å². The van der Waals surface area contributed by atoms with Crippen molar-refractivity contribution in [3.63, 3.8) is 0 Å². The van der Waals surface area contributed by atoms with Crippen molar-refractivity contribution in [1.29, 1.82) is 0 Å². The number of amides is 3. The molecule has 10 heteroatoms. The molecule has 3 aliphatic rings. The van der Waals surface area contributed by atoms with E-state index >= 15 is 0 Å². The molecule has 3 aromatic rings. The Morgan fingerprint density at radius 1 is 1.02 bits per heavy atom. The van der Waals surface area contributed by atoms with Crippen LogP contribution in [0.25, 0.3) is 22.2 Å². The molecule has 2 fully saturated rings. The Labute approximate surface area is 241 Å². The minimum atomic E-state index is 0.00794. The van der Waals surface area contributed by atoms with Crippen LogP contribution in [0.2, 0.25) is 0 Å². The maximum atomic E-state index is 12.5. The molecule has 3 aliphatic heterocycles. The normalized spacial score (nSPS) is 18.5. The van der Waals surface area contributed by atoms with E-state index in [9.17, 15) is 9.59 Å². The molecule has 3 amide bonds. The zero-order valence-corrected chi connectivity index (χ0v) is 24.0. The summed E-state index contributed by atoms with van der Waals surface area (Å²) in [6, 6.07) is 8.69. The van der Waals surface area contributed by atoms with Gasteiger partial charge in [0.2, 0.25) is 5.91 Å². The Morgan fingerprint density at radius 2 is 1.83 bits per heavy atom. The molecular weight excluding hydrogens is 518 g/mol. The number of ether oxygens (including phenoxy) is 1. The van der Waals surface area contributed by atoms with Crippen molar-refractivity contribution >= 4 is 22.8 Å². The van der Waals surface area contributed by atoms with Crippen LogP contribution in [0.1, 0.15) is 67.9 Å². The van der Waals surface area contributed by atoms with Crippen LogP contribution < -0.4 is 11.1 Å². The second-order valence-corrected chi connectivity index (χ2v) is 11.5. The van der Waals surface area contributed by atoms with Gasteiger partial charge in [-0.25, -0.2) is 9.78 Å². The highest BCUT2D eigenvalue weighted by molar-refractivity contribution is 5.94. The van der Waals surface area contributed by atoms with Gasteiger partial charge in [0.1, 0.15) is 5.82 Å². The quantitative estimate of drug-likeness (QED) is 0.446. The van der Waals surface area contributed by atoms with Gasteiger partial charge in [0.05, 0.1) is 23.4 Å². The molecule has 5 heterocycles. The number of rotatable bonds is 6. The summed E-state index contributed by atoms with van der Waals surface area (Å²) < 4.78 is 8.00. The number of carbonyl (C=O) groups is 2. The summed E-state index contributed by atoms with van der Waals surface area (Å²) in [5, 5.41) is 4.04. The standard InChI is InChI=1S/C31H41N7O3/c1-21(39)37-15-16-38-28(20-37)29(35-30(38)23-8-17-41-18-9-23)26-5-12-33-27-19-24(3-4-25(26)27)22-6-13-36(14-7-22)31(40)34-11-2-10-32/h3-5,12,19,22-23H,2,6-11,13-18,20,32H2,1H3,(H,34,40). The van der Waals surface area contributed by atoms with Crippen molar-refractivity contribution in [2.24, 2.45) is 5.73 Å². The van der Waals surface area contributed by atoms with Crippen molar-refractivity contribution in [1.82, 2.24) is 29.7 Å². The fourth-order valence-electron chi connectivity index (χ4n) is 6.60. The summed E-state index contributed by atoms with van der Waals surface area (Å²) >= 11 is 0. The van der Waals surface area contributed by atoms with Gasteiger partial charge in [0, 0.05) is 75.9 Å². The molecule has 6 rings (SSSR count). The number of urea groups is 1. The number of nitrogens with one attached hydrogen (secondary N) is 1. The summed E-state index contributed by atoms with van der Waals surface area (Å²) in [6.07, 6.45) is 6.48. The predicted octanol–water partition coefficient (Wildman–Crippen LogP) is 3.59. The number of hydrogen-bond donors (Lipinski definition) is 2. The van der Waals surface area contributed by atoms with Gasteiger partial charge in [0.15, 0.2) is 0 Å². The number of pyridine rings is 1. The van der Waals surface area contributed by atoms with Crippen LogP contribution >= 0.6 is 0 Å². The first-order chi connectivity index (χ1) is 20.0. The number of benzene rings is 1. The Morgan fingerprint density at radius 3 is 2.59 bits per heavy atom. The lowest BCUT2D eigenvalue weighted by Crippen LogP contribution is -2.44. The third-order valence-corrected chi connectivity index (χ3v) is 9.00. The second-order valence-electron chi connectivity index (χ2n) is 11.5. The molecule has 0 aliphatic carbocycles.